The second kappa shape index (κ2) is 8.18. The molecular formula is C21H18BrFN2O6. The summed E-state index contributed by atoms with van der Waals surface area (Å²) >= 11 is 3.16. The van der Waals surface area contributed by atoms with Crippen molar-refractivity contribution in [3.05, 3.63) is 51.7 Å². The number of carbonyl (C=O) groups excluding carboxylic acids is 3. The van der Waals surface area contributed by atoms with Gasteiger partial charge in [0.05, 0.1) is 19.9 Å². The number of cyclic esters (lactones) is 1. The van der Waals surface area contributed by atoms with Crippen LogP contribution in [0.25, 0.3) is 0 Å². The number of esters is 1. The molecule has 2 atom stereocenters. The normalized spacial score (nSPS) is 19.8. The zero-order chi connectivity index (χ0) is 22.3. The van der Waals surface area contributed by atoms with Crippen LogP contribution in [0.1, 0.15) is 35.0 Å². The van der Waals surface area contributed by atoms with Gasteiger partial charge in [-0.15, -0.1) is 0 Å². The van der Waals surface area contributed by atoms with E-state index in [-0.39, 0.29) is 35.7 Å². The number of rotatable bonds is 5. The molecule has 0 radical (unpaired) electrons. The molecule has 0 unspecified atom stereocenters. The van der Waals surface area contributed by atoms with Gasteiger partial charge in [0, 0.05) is 16.5 Å². The Morgan fingerprint density at radius 3 is 2.68 bits per heavy atom. The Labute approximate surface area is 185 Å². The summed E-state index contributed by atoms with van der Waals surface area (Å²) in [5.74, 6) is -1.70. The monoisotopic (exact) mass is 492 g/mol. The van der Waals surface area contributed by atoms with Gasteiger partial charge in [0.25, 0.3) is 0 Å². The molecule has 162 valence electrons. The maximum absolute atomic E-state index is 14.2. The first kappa shape index (κ1) is 21.1. The summed E-state index contributed by atoms with van der Waals surface area (Å²) in [7, 11) is 2.83. The van der Waals surface area contributed by atoms with Crippen molar-refractivity contribution in [1.82, 2.24) is 4.90 Å². The van der Waals surface area contributed by atoms with Crippen molar-refractivity contribution in [2.75, 3.05) is 19.5 Å². The predicted molar refractivity (Wildman–Crippen MR) is 110 cm³/mol. The van der Waals surface area contributed by atoms with E-state index in [2.05, 4.69) is 21.2 Å². The van der Waals surface area contributed by atoms with E-state index >= 15 is 0 Å². The van der Waals surface area contributed by atoms with Crippen LogP contribution in [0.15, 0.2) is 34.8 Å². The second-order valence-electron chi connectivity index (χ2n) is 6.99. The van der Waals surface area contributed by atoms with Gasteiger partial charge in [-0.3, -0.25) is 14.5 Å². The van der Waals surface area contributed by atoms with Gasteiger partial charge in [0.1, 0.15) is 17.4 Å². The Morgan fingerprint density at radius 1 is 1.23 bits per heavy atom. The van der Waals surface area contributed by atoms with Crippen molar-refractivity contribution in [3.8, 4) is 11.5 Å². The molecule has 2 aliphatic rings. The Morgan fingerprint density at radius 2 is 2.00 bits per heavy atom. The molecule has 4 rings (SSSR count). The number of anilines is 1. The molecule has 2 aromatic carbocycles. The quantitative estimate of drug-likeness (QED) is 0.642. The third-order valence-corrected chi connectivity index (χ3v) is 5.76. The molecule has 1 N–H and O–H groups in total. The number of benzene rings is 2. The molecular weight excluding hydrogens is 475 g/mol. The van der Waals surface area contributed by atoms with Crippen LogP contribution in [0, 0.1) is 5.82 Å². The maximum Gasteiger partial charge on any atom is 0.344 e. The summed E-state index contributed by atoms with van der Waals surface area (Å²) < 4.78 is 30.7. The van der Waals surface area contributed by atoms with Crippen molar-refractivity contribution in [3.63, 3.8) is 0 Å². The van der Waals surface area contributed by atoms with Crippen molar-refractivity contribution in [1.29, 1.82) is 0 Å². The fourth-order valence-corrected chi connectivity index (χ4v) is 4.18. The molecule has 8 nitrogen and oxygen atoms in total. The minimum absolute atomic E-state index is 0.0114. The van der Waals surface area contributed by atoms with Crippen LogP contribution in [-0.4, -0.2) is 42.9 Å². The lowest BCUT2D eigenvalue weighted by Crippen LogP contribution is -2.44. The number of ether oxygens (including phenoxy) is 3. The molecule has 0 aromatic heterocycles. The molecule has 1 saturated heterocycles. The number of amides is 2. The highest BCUT2D eigenvalue weighted by Crippen LogP contribution is 2.45. The SMILES string of the molecule is COc1ccc2c(c1OC)C(=O)O[C@H]2N1C(=O)CC[C@@H]1C(=O)Nc1ccc(Br)cc1F. The molecule has 0 bridgehead atoms. The molecule has 0 spiro atoms. The van der Waals surface area contributed by atoms with Crippen LogP contribution in [-0.2, 0) is 14.3 Å². The van der Waals surface area contributed by atoms with Crippen molar-refractivity contribution in [2.45, 2.75) is 25.1 Å². The zero-order valence-corrected chi connectivity index (χ0v) is 18.2. The molecule has 2 aromatic rings. The fourth-order valence-electron chi connectivity index (χ4n) is 3.85. The van der Waals surface area contributed by atoms with Gasteiger partial charge in [-0.1, -0.05) is 15.9 Å². The topological polar surface area (TPSA) is 94.2 Å². The molecule has 2 aliphatic heterocycles. The predicted octanol–water partition coefficient (Wildman–Crippen LogP) is 3.40. The summed E-state index contributed by atoms with van der Waals surface area (Å²) in [6.45, 7) is 0. The lowest BCUT2D eigenvalue weighted by atomic mass is 10.1. The van der Waals surface area contributed by atoms with E-state index in [9.17, 15) is 18.8 Å². The number of hydrogen-bond donors (Lipinski definition) is 1. The van der Waals surface area contributed by atoms with E-state index in [4.69, 9.17) is 14.2 Å². The smallest absolute Gasteiger partial charge is 0.344 e. The highest BCUT2D eigenvalue weighted by molar-refractivity contribution is 9.10. The van der Waals surface area contributed by atoms with E-state index in [1.54, 1.807) is 18.2 Å². The van der Waals surface area contributed by atoms with E-state index in [1.165, 1.54) is 31.3 Å². The van der Waals surface area contributed by atoms with E-state index in [0.717, 1.165) is 0 Å². The zero-order valence-electron chi connectivity index (χ0n) is 16.6. The van der Waals surface area contributed by atoms with Crippen LogP contribution in [0.4, 0.5) is 10.1 Å². The molecule has 1 fully saturated rings. The average Bonchev–Trinajstić information content (AvgIpc) is 3.29. The molecule has 0 saturated carbocycles. The van der Waals surface area contributed by atoms with Crippen molar-refractivity contribution >= 4 is 39.4 Å². The van der Waals surface area contributed by atoms with Gasteiger partial charge in [0.15, 0.2) is 11.5 Å². The highest BCUT2D eigenvalue weighted by atomic mass is 79.9. The van der Waals surface area contributed by atoms with Gasteiger partial charge in [-0.2, -0.15) is 0 Å². The number of likely N-dealkylation sites (tertiary alicyclic amines) is 1. The van der Waals surface area contributed by atoms with Gasteiger partial charge in [-0.25, -0.2) is 9.18 Å². The summed E-state index contributed by atoms with van der Waals surface area (Å²) in [4.78, 5) is 39.4. The first-order valence-corrected chi connectivity index (χ1v) is 10.2. The van der Waals surface area contributed by atoms with Crippen molar-refractivity contribution < 1.29 is 33.0 Å². The third-order valence-electron chi connectivity index (χ3n) is 5.27. The highest BCUT2D eigenvalue weighted by Gasteiger charge is 2.47. The van der Waals surface area contributed by atoms with Crippen molar-refractivity contribution in [2.24, 2.45) is 0 Å². The third kappa shape index (κ3) is 3.60. The number of hydrogen-bond acceptors (Lipinski definition) is 6. The summed E-state index contributed by atoms with van der Waals surface area (Å²) in [5, 5.41) is 2.52. The molecule has 2 heterocycles. The van der Waals surface area contributed by atoms with Gasteiger partial charge in [-0.05, 0) is 36.8 Å². The number of halogens is 2. The van der Waals surface area contributed by atoms with Crippen LogP contribution in [0.2, 0.25) is 0 Å². The first-order valence-electron chi connectivity index (χ1n) is 9.38. The average molecular weight is 493 g/mol. The van der Waals surface area contributed by atoms with Gasteiger partial charge >= 0.3 is 5.97 Å². The minimum atomic E-state index is -1.09. The standard InChI is InChI=1S/C21H18BrFN2O6/c1-29-15-7-4-11-17(18(15)30-2)21(28)31-20(11)25-14(6-8-16(25)26)19(27)24-13-5-3-10(22)9-12(13)23/h3-5,7,9,14,20H,6,8H2,1-2H3,(H,24,27)/t14-,20-/m1/s1. The van der Waals surface area contributed by atoms with E-state index < -0.39 is 30.0 Å². The summed E-state index contributed by atoms with van der Waals surface area (Å²) in [5.41, 5.74) is 0.526. The number of nitrogens with zero attached hydrogens (tertiary/aromatic N) is 1. The molecule has 31 heavy (non-hydrogen) atoms. The van der Waals surface area contributed by atoms with Crippen LogP contribution in [0.5, 0.6) is 11.5 Å². The maximum atomic E-state index is 14.2. The summed E-state index contributed by atoms with van der Waals surface area (Å²) in [6, 6.07) is 6.49. The second-order valence-corrected chi connectivity index (χ2v) is 7.91. The Bertz CT molecular complexity index is 1090. The molecule has 2 amide bonds. The number of carbonyl (C=O) groups is 3. The number of fused-ring (bicyclic) bond motifs is 1. The minimum Gasteiger partial charge on any atom is -0.493 e. The molecule has 10 heteroatoms. The van der Waals surface area contributed by atoms with Crippen LogP contribution in [0.3, 0.4) is 0 Å². The summed E-state index contributed by atoms with van der Waals surface area (Å²) in [6.07, 6.45) is -0.792. The largest absolute Gasteiger partial charge is 0.493 e. The van der Waals surface area contributed by atoms with Crippen LogP contribution < -0.4 is 14.8 Å². The first-order chi connectivity index (χ1) is 14.8. The lowest BCUT2D eigenvalue weighted by Gasteiger charge is -2.29. The number of nitrogens with one attached hydrogen (secondary N) is 1. The van der Waals surface area contributed by atoms with Crippen LogP contribution >= 0.6 is 15.9 Å². The number of methoxy groups -OCH3 is 2. The van der Waals surface area contributed by atoms with Gasteiger partial charge < -0.3 is 19.5 Å². The van der Waals surface area contributed by atoms with E-state index in [0.29, 0.717) is 15.8 Å². The fraction of sp³-hybridized carbons (Fsp3) is 0.286. The Kier molecular flexibility index (Phi) is 5.57. The van der Waals surface area contributed by atoms with Gasteiger partial charge in [0.2, 0.25) is 18.0 Å². The Hall–Kier alpha value is -3.14. The Balaban J connectivity index is 1.65. The molecule has 0 aliphatic carbocycles. The lowest BCUT2D eigenvalue weighted by molar-refractivity contribution is -0.144. The van der Waals surface area contributed by atoms with E-state index in [1.807, 2.05) is 0 Å².